The second-order valence-corrected chi connectivity index (χ2v) is 7.47. The Morgan fingerprint density at radius 1 is 1.28 bits per heavy atom. The maximum Gasteiger partial charge on any atom is 0.338 e. The van der Waals surface area contributed by atoms with Crippen molar-refractivity contribution >= 4 is 27.6 Å². The summed E-state index contributed by atoms with van der Waals surface area (Å²) in [6.45, 7) is 2.22. The summed E-state index contributed by atoms with van der Waals surface area (Å²) in [5.41, 5.74) is 4.21. The molecular weight excluding hydrogens is 378 g/mol. The molecule has 0 amide bonds. The van der Waals surface area contributed by atoms with Crippen LogP contribution in [0, 0.1) is 5.92 Å². The topological polar surface area (TPSA) is 38.3 Å². The second-order valence-electron chi connectivity index (χ2n) is 6.55. The van der Waals surface area contributed by atoms with Gasteiger partial charge in [0.1, 0.15) is 0 Å². The number of allylic oxidation sites excluding steroid dienone is 2. The standard InChI is InChI=1S/C21H20BrNO2/c1-2-25-21(24)14-9-10-19-18(12-14)16-7-4-8-17(16)20(23-19)13-5-3-6-15(22)11-13/h3-7,9-12,16-17,20,23H,2,8H2,1H3/t16-,17+,20+/m0/s1. The highest BCUT2D eigenvalue weighted by Gasteiger charge is 2.38. The fraction of sp³-hybridized carbons (Fsp3) is 0.286. The minimum absolute atomic E-state index is 0.252. The second kappa shape index (κ2) is 6.68. The van der Waals surface area contributed by atoms with Gasteiger partial charge in [0.05, 0.1) is 18.2 Å². The molecule has 2 aromatic rings. The summed E-state index contributed by atoms with van der Waals surface area (Å²) in [4.78, 5) is 12.1. The van der Waals surface area contributed by atoms with Crippen LogP contribution in [0.5, 0.6) is 0 Å². The molecule has 4 rings (SSSR count). The SMILES string of the molecule is CCOC(=O)c1ccc2c(c1)[C@H]1C=CC[C@H]1[C@@H](c1cccc(Br)c1)N2. The van der Waals surface area contributed by atoms with Crippen molar-refractivity contribution in [3.8, 4) is 0 Å². The van der Waals surface area contributed by atoms with E-state index < -0.39 is 0 Å². The van der Waals surface area contributed by atoms with Gasteiger partial charge >= 0.3 is 5.97 Å². The third-order valence-electron chi connectivity index (χ3n) is 5.08. The molecule has 1 heterocycles. The van der Waals surface area contributed by atoms with E-state index >= 15 is 0 Å². The Balaban J connectivity index is 1.72. The van der Waals surface area contributed by atoms with E-state index in [4.69, 9.17) is 4.74 Å². The van der Waals surface area contributed by atoms with Crippen LogP contribution in [0.2, 0.25) is 0 Å². The summed E-state index contributed by atoms with van der Waals surface area (Å²) in [5.74, 6) is 0.534. The Labute approximate surface area is 156 Å². The van der Waals surface area contributed by atoms with E-state index in [9.17, 15) is 4.79 Å². The van der Waals surface area contributed by atoms with Crippen LogP contribution < -0.4 is 5.32 Å². The van der Waals surface area contributed by atoms with Gasteiger partial charge in [0.15, 0.2) is 0 Å². The average molecular weight is 398 g/mol. The molecule has 128 valence electrons. The molecule has 0 fully saturated rings. The van der Waals surface area contributed by atoms with Crippen LogP contribution in [-0.2, 0) is 4.74 Å². The van der Waals surface area contributed by atoms with E-state index in [1.54, 1.807) is 0 Å². The third kappa shape index (κ3) is 2.99. The van der Waals surface area contributed by atoms with Gasteiger partial charge in [-0.1, -0.05) is 40.2 Å². The number of halogens is 1. The first kappa shape index (κ1) is 16.4. The molecule has 4 heteroatoms. The van der Waals surface area contributed by atoms with Crippen LogP contribution in [0.4, 0.5) is 5.69 Å². The molecule has 0 radical (unpaired) electrons. The van der Waals surface area contributed by atoms with Gasteiger partial charge in [-0.25, -0.2) is 4.79 Å². The van der Waals surface area contributed by atoms with E-state index in [1.807, 2.05) is 25.1 Å². The molecule has 0 spiro atoms. The maximum absolute atomic E-state index is 12.1. The van der Waals surface area contributed by atoms with Gasteiger partial charge in [-0.15, -0.1) is 0 Å². The van der Waals surface area contributed by atoms with Crippen LogP contribution in [-0.4, -0.2) is 12.6 Å². The molecule has 0 unspecified atom stereocenters. The van der Waals surface area contributed by atoms with Crippen LogP contribution in [0.15, 0.2) is 59.1 Å². The Bertz CT molecular complexity index is 846. The van der Waals surface area contributed by atoms with Crippen LogP contribution >= 0.6 is 15.9 Å². The summed E-state index contributed by atoms with van der Waals surface area (Å²) < 4.78 is 6.25. The average Bonchev–Trinajstić information content (AvgIpc) is 3.11. The third-order valence-corrected chi connectivity index (χ3v) is 5.57. The molecule has 1 aliphatic heterocycles. The minimum atomic E-state index is -0.252. The number of carbonyl (C=O) groups excluding carboxylic acids is 1. The van der Waals surface area contributed by atoms with Crippen molar-refractivity contribution in [1.29, 1.82) is 0 Å². The number of esters is 1. The molecule has 3 nitrogen and oxygen atoms in total. The van der Waals surface area contributed by atoms with Crippen molar-refractivity contribution in [2.24, 2.45) is 5.92 Å². The zero-order valence-electron chi connectivity index (χ0n) is 14.0. The van der Waals surface area contributed by atoms with Gasteiger partial charge in [0, 0.05) is 16.1 Å². The summed E-state index contributed by atoms with van der Waals surface area (Å²) in [7, 11) is 0. The zero-order chi connectivity index (χ0) is 17.4. The lowest BCUT2D eigenvalue weighted by molar-refractivity contribution is 0.0526. The number of fused-ring (bicyclic) bond motifs is 3. The molecule has 1 aliphatic carbocycles. The predicted octanol–water partition coefficient (Wildman–Crippen LogP) is 5.45. The van der Waals surface area contributed by atoms with Crippen LogP contribution in [0.25, 0.3) is 0 Å². The van der Waals surface area contributed by atoms with Gasteiger partial charge < -0.3 is 10.1 Å². The van der Waals surface area contributed by atoms with E-state index in [2.05, 4.69) is 57.7 Å². The summed E-state index contributed by atoms with van der Waals surface area (Å²) in [6, 6.07) is 14.6. The van der Waals surface area contributed by atoms with Gasteiger partial charge in [0.2, 0.25) is 0 Å². The molecular formula is C21H20BrNO2. The van der Waals surface area contributed by atoms with Crippen molar-refractivity contribution in [3.63, 3.8) is 0 Å². The van der Waals surface area contributed by atoms with Crippen molar-refractivity contribution in [2.75, 3.05) is 11.9 Å². The quantitative estimate of drug-likeness (QED) is 0.552. The summed E-state index contributed by atoms with van der Waals surface area (Å²) in [6.07, 6.45) is 5.58. The number of hydrogen-bond donors (Lipinski definition) is 1. The largest absolute Gasteiger partial charge is 0.462 e. The van der Waals surface area contributed by atoms with Crippen LogP contribution in [0.3, 0.4) is 0 Å². The van der Waals surface area contributed by atoms with E-state index in [-0.39, 0.29) is 12.0 Å². The number of ether oxygens (including phenoxy) is 1. The van der Waals surface area contributed by atoms with Crippen molar-refractivity contribution < 1.29 is 9.53 Å². The Kier molecular flexibility index (Phi) is 4.38. The molecule has 0 saturated carbocycles. The molecule has 25 heavy (non-hydrogen) atoms. The number of nitrogens with one attached hydrogen (secondary N) is 1. The van der Waals surface area contributed by atoms with Gasteiger partial charge in [-0.3, -0.25) is 0 Å². The smallest absolute Gasteiger partial charge is 0.338 e. The molecule has 0 saturated heterocycles. The van der Waals surface area contributed by atoms with Crippen LogP contribution in [0.1, 0.15) is 46.8 Å². The highest BCUT2D eigenvalue weighted by molar-refractivity contribution is 9.10. The number of benzene rings is 2. The number of hydrogen-bond acceptors (Lipinski definition) is 3. The van der Waals surface area contributed by atoms with Gasteiger partial charge in [0.25, 0.3) is 0 Å². The normalized spacial score (nSPS) is 23.5. The van der Waals surface area contributed by atoms with E-state index in [1.165, 1.54) is 11.1 Å². The van der Waals surface area contributed by atoms with E-state index in [0.717, 1.165) is 16.6 Å². The van der Waals surface area contributed by atoms with E-state index in [0.29, 0.717) is 24.0 Å². The highest BCUT2D eigenvalue weighted by Crippen LogP contribution is 2.50. The summed E-state index contributed by atoms with van der Waals surface area (Å²) >= 11 is 3.58. The maximum atomic E-state index is 12.1. The lowest BCUT2D eigenvalue weighted by atomic mass is 9.76. The first-order chi connectivity index (χ1) is 12.2. The molecule has 1 N–H and O–H groups in total. The molecule has 2 aliphatic rings. The predicted molar refractivity (Wildman–Crippen MR) is 103 cm³/mol. The number of carbonyl (C=O) groups is 1. The summed E-state index contributed by atoms with van der Waals surface area (Å²) in [5, 5.41) is 3.70. The Hall–Kier alpha value is -2.07. The van der Waals surface area contributed by atoms with Gasteiger partial charge in [-0.2, -0.15) is 0 Å². The van der Waals surface area contributed by atoms with Crippen molar-refractivity contribution in [2.45, 2.75) is 25.3 Å². The first-order valence-electron chi connectivity index (χ1n) is 8.67. The lowest BCUT2D eigenvalue weighted by Crippen LogP contribution is -2.29. The van der Waals surface area contributed by atoms with Crippen molar-refractivity contribution in [1.82, 2.24) is 0 Å². The zero-order valence-corrected chi connectivity index (χ0v) is 15.6. The number of anilines is 1. The highest BCUT2D eigenvalue weighted by atomic mass is 79.9. The monoisotopic (exact) mass is 397 g/mol. The fourth-order valence-corrected chi connectivity index (χ4v) is 4.38. The Morgan fingerprint density at radius 2 is 2.16 bits per heavy atom. The Morgan fingerprint density at radius 3 is 2.96 bits per heavy atom. The van der Waals surface area contributed by atoms with Crippen molar-refractivity contribution in [3.05, 3.63) is 75.8 Å². The molecule has 2 aromatic carbocycles. The number of rotatable bonds is 3. The first-order valence-corrected chi connectivity index (χ1v) is 9.46. The molecule has 0 bridgehead atoms. The molecule has 0 aromatic heterocycles. The molecule has 3 atom stereocenters. The minimum Gasteiger partial charge on any atom is -0.462 e. The lowest BCUT2D eigenvalue weighted by Gasteiger charge is -2.37. The fourth-order valence-electron chi connectivity index (χ4n) is 3.97. The van der Waals surface area contributed by atoms with Gasteiger partial charge in [-0.05, 0) is 60.7 Å².